The Balaban J connectivity index is 1.42. The normalized spacial score (nSPS) is 15.9. The largest absolute Gasteiger partial charge is 0.359 e. The Bertz CT molecular complexity index is 967. The maximum atomic E-state index is 13.0. The Morgan fingerprint density at radius 1 is 1.07 bits per heavy atom. The molecular weight excluding hydrogens is 362 g/mol. The van der Waals surface area contributed by atoms with Gasteiger partial charge in [-0.1, -0.05) is 59.8 Å². The van der Waals surface area contributed by atoms with Crippen LogP contribution in [0.15, 0.2) is 65.2 Å². The van der Waals surface area contributed by atoms with Gasteiger partial charge in [0.25, 0.3) is 5.91 Å². The van der Waals surface area contributed by atoms with Crippen molar-refractivity contribution in [1.29, 1.82) is 0 Å². The minimum Gasteiger partial charge on any atom is -0.359 e. The van der Waals surface area contributed by atoms with Crippen LogP contribution in [0.1, 0.15) is 51.8 Å². The van der Waals surface area contributed by atoms with Gasteiger partial charge in [0, 0.05) is 19.7 Å². The molecule has 0 N–H and O–H groups in total. The summed E-state index contributed by atoms with van der Waals surface area (Å²) in [6.07, 6.45) is 3.15. The predicted molar refractivity (Wildman–Crippen MR) is 112 cm³/mol. The molecule has 5 heteroatoms. The molecule has 1 atom stereocenters. The summed E-state index contributed by atoms with van der Waals surface area (Å²) < 4.78 is 5.46. The van der Waals surface area contributed by atoms with Crippen LogP contribution in [0.2, 0.25) is 0 Å². The van der Waals surface area contributed by atoms with Gasteiger partial charge in [-0.2, -0.15) is 0 Å². The van der Waals surface area contributed by atoms with Crippen LogP contribution in [0.4, 0.5) is 0 Å². The summed E-state index contributed by atoms with van der Waals surface area (Å²) in [5, 5.41) is 4.06. The van der Waals surface area contributed by atoms with Crippen LogP contribution in [0.3, 0.4) is 0 Å². The molecule has 0 fully saturated rings. The lowest BCUT2D eigenvalue weighted by Gasteiger charge is -2.32. The van der Waals surface area contributed by atoms with Crippen LogP contribution in [-0.4, -0.2) is 35.0 Å². The number of benzene rings is 2. The highest BCUT2D eigenvalue weighted by molar-refractivity contribution is 5.92. The van der Waals surface area contributed by atoms with Crippen LogP contribution in [0, 0.1) is 0 Å². The maximum absolute atomic E-state index is 13.0. The summed E-state index contributed by atoms with van der Waals surface area (Å²) in [5.74, 6) is 0.608. The minimum atomic E-state index is -0.0904. The smallest absolute Gasteiger partial charge is 0.276 e. The molecule has 0 unspecified atom stereocenters. The fourth-order valence-corrected chi connectivity index (χ4v) is 4.16. The predicted octanol–water partition coefficient (Wildman–Crippen LogP) is 4.46. The lowest BCUT2D eigenvalue weighted by Crippen LogP contribution is -2.33. The highest BCUT2D eigenvalue weighted by Crippen LogP contribution is 2.34. The van der Waals surface area contributed by atoms with Crippen molar-refractivity contribution in [1.82, 2.24) is 15.0 Å². The number of carbonyl (C=O) groups is 1. The molecule has 0 bridgehead atoms. The summed E-state index contributed by atoms with van der Waals surface area (Å²) in [4.78, 5) is 17.0. The van der Waals surface area contributed by atoms with E-state index in [2.05, 4.69) is 40.4 Å². The van der Waals surface area contributed by atoms with Crippen LogP contribution < -0.4 is 0 Å². The number of aromatic nitrogens is 1. The van der Waals surface area contributed by atoms with E-state index in [1.54, 1.807) is 6.07 Å². The highest BCUT2D eigenvalue weighted by atomic mass is 16.5. The third-order valence-corrected chi connectivity index (χ3v) is 5.62. The number of nitrogens with zero attached hydrogens (tertiary/aromatic N) is 3. The molecule has 1 aliphatic carbocycles. The van der Waals surface area contributed by atoms with E-state index < -0.39 is 0 Å². The van der Waals surface area contributed by atoms with E-state index in [0.717, 1.165) is 25.8 Å². The summed E-state index contributed by atoms with van der Waals surface area (Å²) in [7, 11) is 3.90. The molecular formula is C24H27N3O2. The van der Waals surface area contributed by atoms with Crippen LogP contribution >= 0.6 is 0 Å². The quantitative estimate of drug-likeness (QED) is 0.625. The molecule has 3 aromatic rings. The molecule has 1 heterocycles. The minimum absolute atomic E-state index is 0.0904. The van der Waals surface area contributed by atoms with E-state index in [4.69, 9.17) is 4.52 Å². The molecule has 0 spiro atoms. The average Bonchev–Trinajstić information content (AvgIpc) is 3.21. The first-order valence-corrected chi connectivity index (χ1v) is 10.1. The highest BCUT2D eigenvalue weighted by Gasteiger charge is 2.28. The number of aryl methyl sites for hydroxylation is 1. The fourth-order valence-electron chi connectivity index (χ4n) is 4.16. The van der Waals surface area contributed by atoms with Gasteiger partial charge in [0.2, 0.25) is 0 Å². The van der Waals surface area contributed by atoms with Gasteiger partial charge in [0.05, 0.1) is 12.6 Å². The van der Waals surface area contributed by atoms with Crippen molar-refractivity contribution < 1.29 is 9.32 Å². The molecule has 4 rings (SSSR count). The Morgan fingerprint density at radius 3 is 2.66 bits per heavy atom. The van der Waals surface area contributed by atoms with Crippen molar-refractivity contribution in [2.75, 3.05) is 14.1 Å². The maximum Gasteiger partial charge on any atom is 0.276 e. The Kier molecular flexibility index (Phi) is 5.76. The van der Waals surface area contributed by atoms with Gasteiger partial charge in [-0.15, -0.1) is 0 Å². The first-order chi connectivity index (χ1) is 14.1. The fraction of sp³-hybridized carbons (Fsp3) is 0.333. The number of carbonyl (C=O) groups excluding carboxylic acids is 1. The van der Waals surface area contributed by atoms with Crippen molar-refractivity contribution in [2.45, 2.75) is 38.4 Å². The van der Waals surface area contributed by atoms with Gasteiger partial charge in [0.15, 0.2) is 11.5 Å². The summed E-state index contributed by atoms with van der Waals surface area (Å²) >= 11 is 0. The van der Waals surface area contributed by atoms with Crippen molar-refractivity contribution in [3.05, 3.63) is 88.8 Å². The number of hydrogen-bond acceptors (Lipinski definition) is 4. The molecule has 0 radical (unpaired) electrons. The zero-order valence-electron chi connectivity index (χ0n) is 17.0. The Hall–Kier alpha value is -2.92. The molecule has 0 saturated carbocycles. The first kappa shape index (κ1) is 19.4. The van der Waals surface area contributed by atoms with E-state index in [0.29, 0.717) is 18.0 Å². The summed E-state index contributed by atoms with van der Waals surface area (Å²) in [6, 6.07) is 20.6. The Morgan fingerprint density at radius 2 is 1.83 bits per heavy atom. The number of rotatable bonds is 6. The van der Waals surface area contributed by atoms with Crippen LogP contribution in [-0.2, 0) is 19.5 Å². The SMILES string of the molecule is CN(Cc1ccccc1)Cc1cc(C(=O)N(C)[C@H]2CCCc3ccccc32)no1. The average molecular weight is 389 g/mol. The Labute approximate surface area is 171 Å². The molecule has 29 heavy (non-hydrogen) atoms. The van der Waals surface area contributed by atoms with E-state index in [9.17, 15) is 4.79 Å². The second-order valence-electron chi connectivity index (χ2n) is 7.86. The topological polar surface area (TPSA) is 49.6 Å². The lowest BCUT2D eigenvalue weighted by molar-refractivity contribution is 0.0704. The van der Waals surface area contributed by atoms with E-state index in [1.165, 1.54) is 16.7 Å². The summed E-state index contributed by atoms with van der Waals surface area (Å²) in [5.41, 5.74) is 4.20. The van der Waals surface area contributed by atoms with Crippen LogP contribution in [0.25, 0.3) is 0 Å². The third-order valence-electron chi connectivity index (χ3n) is 5.62. The van der Waals surface area contributed by atoms with Crippen molar-refractivity contribution in [3.8, 4) is 0 Å². The van der Waals surface area contributed by atoms with Gasteiger partial charge < -0.3 is 9.42 Å². The molecule has 150 valence electrons. The first-order valence-electron chi connectivity index (χ1n) is 10.1. The van der Waals surface area contributed by atoms with Gasteiger partial charge >= 0.3 is 0 Å². The third kappa shape index (κ3) is 4.40. The van der Waals surface area contributed by atoms with E-state index >= 15 is 0 Å². The molecule has 5 nitrogen and oxygen atoms in total. The number of amides is 1. The molecule has 0 saturated heterocycles. The molecule has 0 aliphatic heterocycles. The molecule has 1 aliphatic rings. The standard InChI is InChI=1S/C24H27N3O2/c1-26(16-18-9-4-3-5-10-18)17-20-15-22(25-29-20)24(28)27(2)23-14-8-12-19-11-6-7-13-21(19)23/h3-7,9-11,13,15,23H,8,12,14,16-17H2,1-2H3/t23-/m0/s1. The second kappa shape index (κ2) is 8.62. The number of hydrogen-bond donors (Lipinski definition) is 0. The molecule has 2 aromatic carbocycles. The van der Waals surface area contributed by atoms with Crippen molar-refractivity contribution in [3.63, 3.8) is 0 Å². The zero-order valence-corrected chi connectivity index (χ0v) is 17.0. The van der Waals surface area contributed by atoms with Gasteiger partial charge in [-0.25, -0.2) is 0 Å². The lowest BCUT2D eigenvalue weighted by atomic mass is 9.87. The van der Waals surface area contributed by atoms with Gasteiger partial charge in [0.1, 0.15) is 0 Å². The van der Waals surface area contributed by atoms with Gasteiger partial charge in [-0.05, 0) is 43.0 Å². The zero-order chi connectivity index (χ0) is 20.2. The summed E-state index contributed by atoms with van der Waals surface area (Å²) in [6.45, 7) is 1.41. The second-order valence-corrected chi connectivity index (χ2v) is 7.86. The molecule has 1 aromatic heterocycles. The van der Waals surface area contributed by atoms with Gasteiger partial charge in [-0.3, -0.25) is 9.69 Å². The van der Waals surface area contributed by atoms with Crippen molar-refractivity contribution >= 4 is 5.91 Å². The van der Waals surface area contributed by atoms with E-state index in [1.807, 2.05) is 43.3 Å². The molecule has 1 amide bonds. The van der Waals surface area contributed by atoms with Crippen molar-refractivity contribution in [2.24, 2.45) is 0 Å². The monoisotopic (exact) mass is 389 g/mol. The number of fused-ring (bicyclic) bond motifs is 1. The van der Waals surface area contributed by atoms with E-state index in [-0.39, 0.29) is 11.9 Å². The van der Waals surface area contributed by atoms with Crippen LogP contribution in [0.5, 0.6) is 0 Å².